The average Bonchev–Trinajstić information content (AvgIpc) is 1.94. The molecule has 0 unspecified atom stereocenters. The van der Waals surface area contributed by atoms with Gasteiger partial charge >= 0.3 is 0 Å². The lowest BCUT2D eigenvalue weighted by Crippen LogP contribution is -2.37. The molecule has 4 heteroatoms. The first kappa shape index (κ1) is 7.75. The number of hydroxylamine groups is 2. The maximum Gasteiger partial charge on any atom is 0.283 e. The molecule has 0 aromatic carbocycles. The van der Waals surface area contributed by atoms with Gasteiger partial charge in [-0.05, 0) is 19.1 Å². The van der Waals surface area contributed by atoms with E-state index in [1.807, 2.05) is 6.92 Å². The normalized spacial score (nSPS) is 18.9. The fourth-order valence-corrected chi connectivity index (χ4v) is 1.03. The van der Waals surface area contributed by atoms with Gasteiger partial charge in [-0.3, -0.25) is 4.84 Å². The quantitative estimate of drug-likeness (QED) is 0.562. The van der Waals surface area contributed by atoms with Gasteiger partial charge in [-0.15, -0.1) is 0 Å². The zero-order valence-electron chi connectivity index (χ0n) is 6.00. The van der Waals surface area contributed by atoms with E-state index in [-0.39, 0.29) is 0 Å². The molecule has 0 bridgehead atoms. The molecule has 0 spiro atoms. The third-order valence-corrected chi connectivity index (χ3v) is 1.54. The number of ether oxygens (including phenoxy) is 1. The second kappa shape index (κ2) is 3.73. The van der Waals surface area contributed by atoms with E-state index in [0.717, 1.165) is 19.6 Å². The highest BCUT2D eigenvalue weighted by atomic mass is 32.1. The van der Waals surface area contributed by atoms with Crippen molar-refractivity contribution in [1.82, 2.24) is 5.06 Å². The Morgan fingerprint density at radius 2 is 2.60 bits per heavy atom. The molecule has 0 N–H and O–H groups in total. The summed E-state index contributed by atoms with van der Waals surface area (Å²) < 4.78 is 5.08. The van der Waals surface area contributed by atoms with Crippen LogP contribution in [0.25, 0.3) is 0 Å². The molecular formula is C6H11NO2S. The van der Waals surface area contributed by atoms with Gasteiger partial charge in [0.1, 0.15) is 0 Å². The Bertz CT molecular complexity index is 127. The van der Waals surface area contributed by atoms with E-state index in [9.17, 15) is 0 Å². The van der Waals surface area contributed by atoms with Gasteiger partial charge in [0.25, 0.3) is 5.17 Å². The summed E-state index contributed by atoms with van der Waals surface area (Å²) in [6.07, 6.45) is 0.986. The minimum atomic E-state index is 0.466. The summed E-state index contributed by atoms with van der Waals surface area (Å²) in [4.78, 5) is 5.16. The van der Waals surface area contributed by atoms with Crippen molar-refractivity contribution < 1.29 is 9.57 Å². The molecule has 0 saturated carbocycles. The average molecular weight is 161 g/mol. The van der Waals surface area contributed by atoms with Gasteiger partial charge in [0.15, 0.2) is 0 Å². The second-order valence-electron chi connectivity index (χ2n) is 1.99. The minimum Gasteiger partial charge on any atom is -0.469 e. The Morgan fingerprint density at radius 3 is 3.20 bits per heavy atom. The van der Waals surface area contributed by atoms with Gasteiger partial charge in [0.2, 0.25) is 0 Å². The van der Waals surface area contributed by atoms with Gasteiger partial charge in [-0.1, -0.05) is 0 Å². The smallest absolute Gasteiger partial charge is 0.283 e. The Hall–Kier alpha value is -0.350. The van der Waals surface area contributed by atoms with Crippen molar-refractivity contribution >= 4 is 17.4 Å². The molecule has 0 amide bonds. The summed E-state index contributed by atoms with van der Waals surface area (Å²) in [6, 6.07) is 0. The first-order valence-electron chi connectivity index (χ1n) is 3.42. The van der Waals surface area contributed by atoms with Crippen LogP contribution in [0.15, 0.2) is 0 Å². The monoisotopic (exact) mass is 161 g/mol. The molecule has 1 aliphatic heterocycles. The first-order chi connectivity index (χ1) is 4.84. The lowest BCUT2D eigenvalue weighted by atomic mass is 10.4. The van der Waals surface area contributed by atoms with E-state index in [1.165, 1.54) is 0 Å². The molecule has 0 aliphatic carbocycles. The number of thiocarbonyl (C=S) groups is 1. The highest BCUT2D eigenvalue weighted by Crippen LogP contribution is 2.04. The van der Waals surface area contributed by atoms with Gasteiger partial charge in [0.05, 0.1) is 19.8 Å². The molecule has 58 valence electrons. The number of hydrogen-bond donors (Lipinski definition) is 0. The van der Waals surface area contributed by atoms with Crippen molar-refractivity contribution in [2.75, 3.05) is 19.8 Å². The number of rotatable bonds is 2. The minimum absolute atomic E-state index is 0.466. The van der Waals surface area contributed by atoms with Crippen LogP contribution in [0.5, 0.6) is 0 Å². The SMILES string of the molecule is CCON1CCCOC1=S. The molecule has 0 radical (unpaired) electrons. The van der Waals surface area contributed by atoms with Crippen LogP contribution in [0.2, 0.25) is 0 Å². The molecule has 3 nitrogen and oxygen atoms in total. The van der Waals surface area contributed by atoms with Crippen LogP contribution in [0.1, 0.15) is 13.3 Å². The maximum absolute atomic E-state index is 5.16. The van der Waals surface area contributed by atoms with E-state index >= 15 is 0 Å². The highest BCUT2D eigenvalue weighted by molar-refractivity contribution is 7.79. The van der Waals surface area contributed by atoms with Crippen molar-refractivity contribution in [3.8, 4) is 0 Å². The van der Waals surface area contributed by atoms with Crippen LogP contribution in [-0.2, 0) is 9.57 Å². The summed E-state index contributed by atoms with van der Waals surface area (Å²) in [7, 11) is 0. The standard InChI is InChI=1S/C6H11NO2S/c1-2-9-7-4-3-5-8-6(7)10/h2-5H2,1H3. The maximum atomic E-state index is 5.16. The van der Waals surface area contributed by atoms with Crippen molar-refractivity contribution in [2.24, 2.45) is 0 Å². The van der Waals surface area contributed by atoms with E-state index in [4.69, 9.17) is 21.8 Å². The zero-order chi connectivity index (χ0) is 7.40. The molecule has 10 heavy (non-hydrogen) atoms. The Kier molecular flexibility index (Phi) is 2.89. The van der Waals surface area contributed by atoms with Crippen LogP contribution < -0.4 is 0 Å². The fourth-order valence-electron chi connectivity index (χ4n) is 0.804. The summed E-state index contributed by atoms with van der Waals surface area (Å²) in [5, 5.41) is 2.09. The van der Waals surface area contributed by atoms with E-state index < -0.39 is 0 Å². The lowest BCUT2D eigenvalue weighted by Gasteiger charge is -2.27. The molecular weight excluding hydrogens is 150 g/mol. The lowest BCUT2D eigenvalue weighted by molar-refractivity contribution is -0.121. The second-order valence-corrected chi connectivity index (χ2v) is 2.34. The van der Waals surface area contributed by atoms with Crippen molar-refractivity contribution in [1.29, 1.82) is 0 Å². The van der Waals surface area contributed by atoms with Crippen LogP contribution in [0.3, 0.4) is 0 Å². The number of hydrogen-bond acceptors (Lipinski definition) is 3. The van der Waals surface area contributed by atoms with Crippen molar-refractivity contribution in [3.63, 3.8) is 0 Å². The molecule has 1 saturated heterocycles. The fraction of sp³-hybridized carbons (Fsp3) is 0.833. The third kappa shape index (κ3) is 1.82. The predicted molar refractivity (Wildman–Crippen MR) is 41.5 cm³/mol. The van der Waals surface area contributed by atoms with Crippen molar-refractivity contribution in [2.45, 2.75) is 13.3 Å². The van der Waals surface area contributed by atoms with Crippen LogP contribution in [-0.4, -0.2) is 30.0 Å². The summed E-state index contributed by atoms with van der Waals surface area (Å²) in [5.74, 6) is 0. The number of nitrogens with zero attached hydrogens (tertiary/aromatic N) is 1. The molecule has 0 aromatic heterocycles. The molecule has 1 rings (SSSR count). The van der Waals surface area contributed by atoms with E-state index in [1.54, 1.807) is 5.06 Å². The van der Waals surface area contributed by atoms with Gasteiger partial charge in [-0.25, -0.2) is 5.06 Å². The van der Waals surface area contributed by atoms with E-state index in [0.29, 0.717) is 11.8 Å². The molecule has 0 atom stereocenters. The van der Waals surface area contributed by atoms with Crippen LogP contribution in [0, 0.1) is 0 Å². The Morgan fingerprint density at radius 1 is 1.80 bits per heavy atom. The van der Waals surface area contributed by atoms with E-state index in [2.05, 4.69) is 0 Å². The summed E-state index contributed by atoms with van der Waals surface area (Å²) in [5.41, 5.74) is 0. The highest BCUT2D eigenvalue weighted by Gasteiger charge is 2.15. The van der Waals surface area contributed by atoms with Crippen LogP contribution in [0.4, 0.5) is 0 Å². The molecule has 1 heterocycles. The molecule has 1 fully saturated rings. The Labute approximate surface area is 65.9 Å². The van der Waals surface area contributed by atoms with Gasteiger partial charge < -0.3 is 4.74 Å². The molecule has 0 aromatic rings. The Balaban J connectivity index is 2.32. The van der Waals surface area contributed by atoms with Gasteiger partial charge in [0, 0.05) is 6.42 Å². The first-order valence-corrected chi connectivity index (χ1v) is 3.82. The molecule has 1 aliphatic rings. The summed E-state index contributed by atoms with van der Waals surface area (Å²) >= 11 is 4.87. The van der Waals surface area contributed by atoms with Crippen LogP contribution >= 0.6 is 12.2 Å². The zero-order valence-corrected chi connectivity index (χ0v) is 6.82. The predicted octanol–water partition coefficient (Wildman–Crippen LogP) is 0.945. The van der Waals surface area contributed by atoms with Crippen molar-refractivity contribution in [3.05, 3.63) is 0 Å². The summed E-state index contributed by atoms with van der Waals surface area (Å²) in [6.45, 7) is 4.15. The topological polar surface area (TPSA) is 21.7 Å². The third-order valence-electron chi connectivity index (χ3n) is 1.22. The van der Waals surface area contributed by atoms with Gasteiger partial charge in [-0.2, -0.15) is 0 Å². The largest absolute Gasteiger partial charge is 0.469 e.